The number of ether oxygens (including phenoxy) is 1. The molecule has 0 aromatic heterocycles. The average molecular weight is 632 g/mol. The summed E-state index contributed by atoms with van der Waals surface area (Å²) in [7, 11) is -3.74. The lowest BCUT2D eigenvalue weighted by molar-refractivity contribution is -0.138. The maximum Gasteiger partial charge on any atom is 0.389 e. The number of rotatable bonds is 11. The van der Waals surface area contributed by atoms with E-state index >= 15 is 0 Å². The SMILES string of the molecule is Cc1cc(OCC[C@@H](O)CO)cc(C)c1/C=C/S(=O)(=O)N1CCC2(CC1)NC(C1CCC(CCC(F)(F)F)CC1)NC2=O. The molecule has 4 rings (SSSR count). The predicted molar refractivity (Wildman–Crippen MR) is 156 cm³/mol. The first-order valence-electron chi connectivity index (χ1n) is 15.1. The summed E-state index contributed by atoms with van der Waals surface area (Å²) >= 11 is 0. The minimum absolute atomic E-state index is 0.0571. The molecule has 2 heterocycles. The van der Waals surface area contributed by atoms with Crippen LogP contribution in [0.15, 0.2) is 17.5 Å². The summed E-state index contributed by atoms with van der Waals surface area (Å²) in [6.45, 7) is 4.00. The molecule has 1 aromatic carbocycles. The summed E-state index contributed by atoms with van der Waals surface area (Å²) < 4.78 is 71.2. The molecular weight excluding hydrogens is 587 g/mol. The highest BCUT2D eigenvalue weighted by atomic mass is 32.2. The zero-order chi connectivity index (χ0) is 31.4. The van der Waals surface area contributed by atoms with Gasteiger partial charge < -0.3 is 20.3 Å². The fraction of sp³-hybridized carbons (Fsp3) is 0.700. The van der Waals surface area contributed by atoms with Crippen molar-refractivity contribution in [2.45, 2.75) is 95.6 Å². The first kappa shape index (κ1) is 33.7. The van der Waals surface area contributed by atoms with Crippen molar-refractivity contribution in [1.82, 2.24) is 14.9 Å². The number of halogens is 3. The summed E-state index contributed by atoms with van der Waals surface area (Å²) in [6.07, 6.45) is -0.369. The number of hydrogen-bond donors (Lipinski definition) is 4. The van der Waals surface area contributed by atoms with E-state index in [2.05, 4.69) is 10.6 Å². The molecular formula is C30H44F3N3O6S. The third-order valence-corrected chi connectivity index (χ3v) is 10.8. The van der Waals surface area contributed by atoms with Gasteiger partial charge in [0.25, 0.3) is 0 Å². The molecule has 13 heteroatoms. The Bertz CT molecular complexity index is 1230. The molecule has 1 amide bonds. The number of aliphatic hydroxyl groups excluding tert-OH is 2. The highest BCUT2D eigenvalue weighted by Gasteiger charge is 2.50. The van der Waals surface area contributed by atoms with Gasteiger partial charge >= 0.3 is 6.18 Å². The van der Waals surface area contributed by atoms with Gasteiger partial charge in [-0.25, -0.2) is 8.42 Å². The number of amides is 1. The first-order valence-corrected chi connectivity index (χ1v) is 16.6. The van der Waals surface area contributed by atoms with Crippen molar-refractivity contribution >= 4 is 22.0 Å². The molecule has 2 atom stereocenters. The molecule has 4 N–H and O–H groups in total. The van der Waals surface area contributed by atoms with Crippen molar-refractivity contribution in [2.24, 2.45) is 11.8 Å². The molecule has 2 saturated heterocycles. The minimum Gasteiger partial charge on any atom is -0.493 e. The Hall–Kier alpha value is -2.19. The molecule has 0 radical (unpaired) electrons. The van der Waals surface area contributed by atoms with Crippen LogP contribution in [-0.4, -0.2) is 79.1 Å². The maximum absolute atomic E-state index is 13.2. The largest absolute Gasteiger partial charge is 0.493 e. The van der Waals surface area contributed by atoms with E-state index < -0.39 is 34.3 Å². The van der Waals surface area contributed by atoms with Crippen LogP contribution in [0, 0.1) is 25.7 Å². The molecule has 1 saturated carbocycles. The number of hydrogen-bond acceptors (Lipinski definition) is 7. The molecule has 1 aliphatic carbocycles. The number of aryl methyl sites for hydroxylation is 2. The molecule has 3 aliphatic rings. The average Bonchev–Trinajstić information content (AvgIpc) is 3.26. The molecule has 1 aromatic rings. The Kier molecular flexibility index (Phi) is 10.9. The van der Waals surface area contributed by atoms with Crippen LogP contribution in [0.3, 0.4) is 0 Å². The molecule has 0 bridgehead atoms. The molecule has 43 heavy (non-hydrogen) atoms. The van der Waals surface area contributed by atoms with Gasteiger partial charge in [-0.3, -0.25) is 10.1 Å². The number of carbonyl (C=O) groups excluding carboxylic acids is 1. The molecule has 1 spiro atoms. The second-order valence-corrected chi connectivity index (χ2v) is 14.1. The quantitative estimate of drug-likeness (QED) is 0.293. The third-order valence-electron chi connectivity index (χ3n) is 9.19. The summed E-state index contributed by atoms with van der Waals surface area (Å²) in [4.78, 5) is 13.1. The lowest BCUT2D eigenvalue weighted by Crippen LogP contribution is -2.56. The Morgan fingerprint density at radius 2 is 1.77 bits per heavy atom. The monoisotopic (exact) mass is 631 g/mol. The van der Waals surface area contributed by atoms with Crippen LogP contribution < -0.4 is 15.4 Å². The number of piperidine rings is 1. The standard InChI is InChI=1S/C30H44F3N3O6S/c1-20-17-25(42-15-8-24(38)19-37)18-21(2)26(20)9-16-43(40,41)36-13-11-29(12-14-36)28(39)34-27(35-29)23-5-3-22(4-6-23)7-10-30(31,32)33/h9,16-18,22-24,27,35,37-38H,3-8,10-15,19H2,1-2H3,(H,34,39)/b16-9+/t22?,23?,24-,27?/m1/s1. The Morgan fingerprint density at radius 3 is 2.35 bits per heavy atom. The van der Waals surface area contributed by atoms with Crippen molar-refractivity contribution in [3.63, 3.8) is 0 Å². The number of alkyl halides is 3. The molecule has 3 fully saturated rings. The van der Waals surface area contributed by atoms with E-state index in [0.717, 1.165) is 29.5 Å². The third kappa shape index (κ3) is 8.72. The summed E-state index contributed by atoms with van der Waals surface area (Å²) in [6, 6.07) is 3.59. The van der Waals surface area contributed by atoms with Gasteiger partial charge in [0.1, 0.15) is 11.3 Å². The number of benzene rings is 1. The van der Waals surface area contributed by atoms with E-state index in [4.69, 9.17) is 9.84 Å². The smallest absolute Gasteiger partial charge is 0.389 e. The second kappa shape index (κ2) is 13.8. The Labute approximate surface area is 251 Å². The van der Waals surface area contributed by atoms with Crippen molar-refractivity contribution in [3.05, 3.63) is 34.2 Å². The molecule has 9 nitrogen and oxygen atoms in total. The fourth-order valence-electron chi connectivity index (χ4n) is 6.51. The normalized spacial score (nSPS) is 25.7. The molecule has 1 unspecified atom stereocenters. The van der Waals surface area contributed by atoms with Crippen molar-refractivity contribution < 1.29 is 41.3 Å². The van der Waals surface area contributed by atoms with Crippen LogP contribution in [0.25, 0.3) is 6.08 Å². The predicted octanol–water partition coefficient (Wildman–Crippen LogP) is 3.76. The van der Waals surface area contributed by atoms with Crippen molar-refractivity contribution in [3.8, 4) is 5.75 Å². The number of carbonyl (C=O) groups is 1. The van der Waals surface area contributed by atoms with Crippen LogP contribution in [0.1, 0.15) is 74.5 Å². The van der Waals surface area contributed by atoms with E-state index in [0.29, 0.717) is 37.9 Å². The zero-order valence-electron chi connectivity index (χ0n) is 24.8. The lowest BCUT2D eigenvalue weighted by Gasteiger charge is -2.38. The number of nitrogens with one attached hydrogen (secondary N) is 2. The summed E-state index contributed by atoms with van der Waals surface area (Å²) in [5, 5.41) is 26.1. The van der Waals surface area contributed by atoms with Gasteiger partial charge in [-0.1, -0.05) is 12.8 Å². The van der Waals surface area contributed by atoms with Gasteiger partial charge in [0.2, 0.25) is 15.9 Å². The van der Waals surface area contributed by atoms with E-state index in [1.165, 1.54) is 9.71 Å². The van der Waals surface area contributed by atoms with Gasteiger partial charge in [-0.2, -0.15) is 17.5 Å². The zero-order valence-corrected chi connectivity index (χ0v) is 25.6. The Balaban J connectivity index is 1.29. The fourth-order valence-corrected chi connectivity index (χ4v) is 7.68. The van der Waals surface area contributed by atoms with E-state index in [9.17, 15) is 31.5 Å². The highest BCUT2D eigenvalue weighted by Crippen LogP contribution is 2.38. The van der Waals surface area contributed by atoms with Crippen LogP contribution in [0.5, 0.6) is 5.75 Å². The number of aliphatic hydroxyl groups is 2. The van der Waals surface area contributed by atoms with E-state index in [1.807, 2.05) is 13.8 Å². The molecule has 242 valence electrons. The van der Waals surface area contributed by atoms with Crippen LogP contribution in [-0.2, 0) is 14.8 Å². The highest BCUT2D eigenvalue weighted by molar-refractivity contribution is 7.92. The lowest BCUT2D eigenvalue weighted by atomic mass is 9.78. The summed E-state index contributed by atoms with van der Waals surface area (Å²) in [5.74, 6) is 0.660. The number of nitrogens with zero attached hydrogens (tertiary/aromatic N) is 1. The van der Waals surface area contributed by atoms with Crippen molar-refractivity contribution in [2.75, 3.05) is 26.3 Å². The summed E-state index contributed by atoms with van der Waals surface area (Å²) in [5.41, 5.74) is 1.57. The van der Waals surface area contributed by atoms with Gasteiger partial charge in [0.15, 0.2) is 0 Å². The van der Waals surface area contributed by atoms with Gasteiger partial charge in [-0.05, 0) is 92.7 Å². The van der Waals surface area contributed by atoms with E-state index in [-0.39, 0.29) is 56.6 Å². The van der Waals surface area contributed by atoms with Crippen LogP contribution in [0.4, 0.5) is 13.2 Å². The van der Waals surface area contributed by atoms with Crippen LogP contribution in [0.2, 0.25) is 0 Å². The van der Waals surface area contributed by atoms with Gasteiger partial charge in [0.05, 0.1) is 25.5 Å². The van der Waals surface area contributed by atoms with E-state index in [1.54, 1.807) is 18.2 Å². The Morgan fingerprint density at radius 1 is 1.14 bits per heavy atom. The van der Waals surface area contributed by atoms with Crippen molar-refractivity contribution in [1.29, 1.82) is 0 Å². The second-order valence-electron chi connectivity index (χ2n) is 12.3. The number of sulfonamides is 1. The maximum atomic E-state index is 13.2. The molecule has 2 aliphatic heterocycles. The topological polar surface area (TPSA) is 128 Å². The van der Waals surface area contributed by atoms with Gasteiger partial charge in [-0.15, -0.1) is 0 Å². The van der Waals surface area contributed by atoms with Gasteiger partial charge in [0, 0.05) is 31.3 Å². The minimum atomic E-state index is -4.13. The van der Waals surface area contributed by atoms with Crippen LogP contribution >= 0.6 is 0 Å². The first-order chi connectivity index (χ1) is 20.2.